The number of carbonyl (C=O) groups is 3. The van der Waals surface area contributed by atoms with Crippen molar-refractivity contribution in [2.75, 3.05) is 13.2 Å². The molecule has 0 heterocycles. The van der Waals surface area contributed by atoms with E-state index in [2.05, 4.69) is 10.6 Å². The van der Waals surface area contributed by atoms with E-state index in [1.54, 1.807) is 6.92 Å². The number of rotatable bonds is 11. The van der Waals surface area contributed by atoms with E-state index in [-0.39, 0.29) is 37.8 Å². The fourth-order valence-electron chi connectivity index (χ4n) is 4.67. The highest BCUT2D eigenvalue weighted by atomic mass is 16.5. The Bertz CT molecular complexity index is 1020. The summed E-state index contributed by atoms with van der Waals surface area (Å²) in [6, 6.07) is 14.8. The third-order valence-electron chi connectivity index (χ3n) is 6.09. The van der Waals surface area contributed by atoms with Crippen LogP contribution in [0.2, 0.25) is 0 Å². The lowest BCUT2D eigenvalue weighted by molar-refractivity contribution is -0.137. The Morgan fingerprint density at radius 2 is 1.60 bits per heavy atom. The number of carboxylic acids is 1. The van der Waals surface area contributed by atoms with Gasteiger partial charge in [-0.05, 0) is 47.9 Å². The van der Waals surface area contributed by atoms with Gasteiger partial charge in [-0.1, -0.05) is 62.4 Å². The van der Waals surface area contributed by atoms with Crippen LogP contribution in [0.1, 0.15) is 57.1 Å². The zero-order valence-corrected chi connectivity index (χ0v) is 20.4. The summed E-state index contributed by atoms with van der Waals surface area (Å²) in [7, 11) is 0. The van der Waals surface area contributed by atoms with Gasteiger partial charge < -0.3 is 25.6 Å². The number of aliphatic carboxylic acids is 1. The third-order valence-corrected chi connectivity index (χ3v) is 6.09. The SMILES string of the molecule is CC(C)CC(C)(O)CNC(=O)C(CCC(=O)O)NC(=O)OCC1c2ccccc2-c2ccccc21. The van der Waals surface area contributed by atoms with Crippen LogP contribution in [0.5, 0.6) is 0 Å². The van der Waals surface area contributed by atoms with Crippen molar-refractivity contribution in [3.8, 4) is 11.1 Å². The summed E-state index contributed by atoms with van der Waals surface area (Å²) >= 11 is 0. The molecule has 0 saturated carbocycles. The molecular weight excluding hydrogens is 448 g/mol. The molecule has 35 heavy (non-hydrogen) atoms. The molecular formula is C27H34N2O6. The van der Waals surface area contributed by atoms with E-state index in [0.717, 1.165) is 22.3 Å². The number of aliphatic hydroxyl groups is 1. The van der Waals surface area contributed by atoms with Crippen LogP contribution in [0.25, 0.3) is 11.1 Å². The number of carboxylic acid groups (broad SMARTS) is 1. The predicted molar refractivity (Wildman–Crippen MR) is 132 cm³/mol. The Morgan fingerprint density at radius 1 is 1.03 bits per heavy atom. The number of ether oxygens (including phenoxy) is 1. The van der Waals surface area contributed by atoms with E-state index < -0.39 is 29.6 Å². The summed E-state index contributed by atoms with van der Waals surface area (Å²) in [6.45, 7) is 5.62. The molecule has 188 valence electrons. The van der Waals surface area contributed by atoms with Crippen LogP contribution in [0.15, 0.2) is 48.5 Å². The largest absolute Gasteiger partial charge is 0.481 e. The highest BCUT2D eigenvalue weighted by Crippen LogP contribution is 2.44. The first-order chi connectivity index (χ1) is 16.6. The Hall–Kier alpha value is -3.39. The topological polar surface area (TPSA) is 125 Å². The molecule has 2 unspecified atom stereocenters. The number of hydrogen-bond donors (Lipinski definition) is 4. The van der Waals surface area contributed by atoms with Crippen LogP contribution in [0.3, 0.4) is 0 Å². The first kappa shape index (κ1) is 26.2. The molecule has 3 rings (SSSR count). The lowest BCUT2D eigenvalue weighted by Gasteiger charge is -2.27. The molecule has 2 atom stereocenters. The molecule has 2 aromatic rings. The zero-order chi connectivity index (χ0) is 25.6. The summed E-state index contributed by atoms with van der Waals surface area (Å²) in [6.07, 6.45) is -0.722. The lowest BCUT2D eigenvalue weighted by Crippen LogP contribution is -2.51. The molecule has 0 fully saturated rings. The molecule has 8 nitrogen and oxygen atoms in total. The van der Waals surface area contributed by atoms with Gasteiger partial charge >= 0.3 is 12.1 Å². The minimum Gasteiger partial charge on any atom is -0.481 e. The fraction of sp³-hybridized carbons (Fsp3) is 0.444. The molecule has 0 spiro atoms. The van der Waals surface area contributed by atoms with Crippen molar-refractivity contribution < 1.29 is 29.3 Å². The Morgan fingerprint density at radius 3 is 2.14 bits per heavy atom. The van der Waals surface area contributed by atoms with Crippen LogP contribution in [0, 0.1) is 5.92 Å². The van der Waals surface area contributed by atoms with Crippen molar-refractivity contribution in [2.45, 2.75) is 57.6 Å². The minimum absolute atomic E-state index is 0.0139. The van der Waals surface area contributed by atoms with Gasteiger partial charge in [0.25, 0.3) is 0 Å². The van der Waals surface area contributed by atoms with E-state index in [0.29, 0.717) is 6.42 Å². The van der Waals surface area contributed by atoms with Crippen LogP contribution in [-0.2, 0) is 14.3 Å². The number of fused-ring (bicyclic) bond motifs is 3. The minimum atomic E-state index is -1.12. The van der Waals surface area contributed by atoms with Crippen LogP contribution >= 0.6 is 0 Å². The van der Waals surface area contributed by atoms with E-state index in [1.807, 2.05) is 62.4 Å². The molecule has 0 aromatic heterocycles. The first-order valence-electron chi connectivity index (χ1n) is 11.9. The van der Waals surface area contributed by atoms with Gasteiger partial charge in [0.15, 0.2) is 0 Å². The lowest BCUT2D eigenvalue weighted by atomic mass is 9.94. The van der Waals surface area contributed by atoms with Gasteiger partial charge in [-0.25, -0.2) is 4.79 Å². The summed E-state index contributed by atoms with van der Waals surface area (Å²) < 4.78 is 5.50. The van der Waals surface area contributed by atoms with E-state index in [1.165, 1.54) is 0 Å². The molecule has 1 aliphatic carbocycles. The standard InChI is InChI=1S/C27H34N2O6/c1-17(2)14-27(3,34)16-28-25(32)23(12-13-24(30)31)29-26(33)35-15-22-20-10-6-4-8-18(20)19-9-5-7-11-21(19)22/h4-11,17,22-23,34H,12-16H2,1-3H3,(H,28,32)(H,29,33)(H,30,31). The third kappa shape index (κ3) is 7.05. The van der Waals surface area contributed by atoms with Gasteiger partial charge in [-0.15, -0.1) is 0 Å². The zero-order valence-electron chi connectivity index (χ0n) is 20.4. The Balaban J connectivity index is 1.63. The van der Waals surface area contributed by atoms with Crippen molar-refractivity contribution in [1.29, 1.82) is 0 Å². The summed E-state index contributed by atoms with van der Waals surface area (Å²) in [4.78, 5) is 36.4. The van der Waals surface area contributed by atoms with Crippen LogP contribution in [0.4, 0.5) is 4.79 Å². The van der Waals surface area contributed by atoms with Gasteiger partial charge in [0, 0.05) is 18.9 Å². The van der Waals surface area contributed by atoms with Crippen molar-refractivity contribution in [3.63, 3.8) is 0 Å². The van der Waals surface area contributed by atoms with E-state index in [4.69, 9.17) is 9.84 Å². The normalized spacial score (nSPS) is 15.0. The number of nitrogens with one attached hydrogen (secondary N) is 2. The van der Waals surface area contributed by atoms with E-state index >= 15 is 0 Å². The smallest absolute Gasteiger partial charge is 0.407 e. The second-order valence-corrected chi connectivity index (χ2v) is 9.77. The second-order valence-electron chi connectivity index (χ2n) is 9.77. The van der Waals surface area contributed by atoms with Gasteiger partial charge in [0.1, 0.15) is 12.6 Å². The van der Waals surface area contributed by atoms with Gasteiger partial charge in [-0.3, -0.25) is 9.59 Å². The number of carbonyl (C=O) groups excluding carboxylic acids is 2. The average Bonchev–Trinajstić information content (AvgIpc) is 3.11. The molecule has 0 aliphatic heterocycles. The predicted octanol–water partition coefficient (Wildman–Crippen LogP) is 3.67. The van der Waals surface area contributed by atoms with Crippen LogP contribution in [-0.4, -0.2) is 53.0 Å². The molecule has 0 radical (unpaired) electrons. The molecule has 0 bridgehead atoms. The van der Waals surface area contributed by atoms with Gasteiger partial charge in [0.2, 0.25) is 5.91 Å². The monoisotopic (exact) mass is 482 g/mol. The molecule has 4 N–H and O–H groups in total. The van der Waals surface area contributed by atoms with Crippen molar-refractivity contribution in [1.82, 2.24) is 10.6 Å². The molecule has 1 aliphatic rings. The molecule has 0 saturated heterocycles. The molecule has 2 amide bonds. The second kappa shape index (κ2) is 11.4. The number of alkyl carbamates (subject to hydrolysis) is 1. The first-order valence-corrected chi connectivity index (χ1v) is 11.9. The van der Waals surface area contributed by atoms with Gasteiger partial charge in [-0.2, -0.15) is 0 Å². The van der Waals surface area contributed by atoms with Crippen molar-refractivity contribution in [3.05, 3.63) is 59.7 Å². The molecule has 2 aromatic carbocycles. The maximum atomic E-state index is 12.7. The molecule has 8 heteroatoms. The van der Waals surface area contributed by atoms with Crippen molar-refractivity contribution in [2.24, 2.45) is 5.92 Å². The maximum Gasteiger partial charge on any atom is 0.407 e. The van der Waals surface area contributed by atoms with Gasteiger partial charge in [0.05, 0.1) is 5.60 Å². The van der Waals surface area contributed by atoms with Crippen molar-refractivity contribution >= 4 is 18.0 Å². The van der Waals surface area contributed by atoms with E-state index in [9.17, 15) is 19.5 Å². The Labute approximate surface area is 205 Å². The highest BCUT2D eigenvalue weighted by molar-refractivity contribution is 5.86. The summed E-state index contributed by atoms with van der Waals surface area (Å²) in [5, 5.41) is 24.6. The maximum absolute atomic E-state index is 12.7. The summed E-state index contributed by atoms with van der Waals surface area (Å²) in [5.41, 5.74) is 3.21. The summed E-state index contributed by atoms with van der Waals surface area (Å²) in [5.74, 6) is -1.55. The highest BCUT2D eigenvalue weighted by Gasteiger charge is 2.30. The number of benzene rings is 2. The quantitative estimate of drug-likeness (QED) is 0.387. The average molecular weight is 483 g/mol. The Kier molecular flexibility index (Phi) is 8.51. The number of hydrogen-bond acceptors (Lipinski definition) is 5. The van der Waals surface area contributed by atoms with Crippen LogP contribution < -0.4 is 10.6 Å². The fourth-order valence-corrected chi connectivity index (χ4v) is 4.67. The number of amides is 2.